The number of carboxylic acids is 1. The topological polar surface area (TPSA) is 96.4 Å². The number of hydrogen-bond donors (Lipinski definition) is 2. The Labute approximate surface area is 148 Å². The zero-order valence-corrected chi connectivity index (χ0v) is 14.8. The summed E-state index contributed by atoms with van der Waals surface area (Å²) in [6, 6.07) is 5.42. The van der Waals surface area contributed by atoms with E-state index < -0.39 is 21.9 Å². The Morgan fingerprint density at radius 3 is 2.44 bits per heavy atom. The molecule has 25 heavy (non-hydrogen) atoms. The summed E-state index contributed by atoms with van der Waals surface area (Å²) in [5, 5.41) is 9.49. The number of halogens is 1. The summed E-state index contributed by atoms with van der Waals surface area (Å²) in [6.07, 6.45) is 3.21. The number of rotatable bonds is 5. The number of benzene rings is 1. The molecule has 6 nitrogen and oxygen atoms in total. The zero-order valence-electron chi connectivity index (χ0n) is 13.2. The molecule has 0 spiro atoms. The van der Waals surface area contributed by atoms with Gasteiger partial charge >= 0.3 is 5.97 Å². The maximum Gasteiger partial charge on any atom is 0.306 e. The molecule has 2 aromatic rings. The lowest BCUT2D eigenvalue weighted by molar-refractivity contribution is -0.142. The predicted molar refractivity (Wildman–Crippen MR) is 91.2 cm³/mol. The highest BCUT2D eigenvalue weighted by Gasteiger charge is 2.29. The molecule has 134 valence electrons. The molecule has 0 unspecified atom stereocenters. The van der Waals surface area contributed by atoms with E-state index in [0.29, 0.717) is 36.3 Å². The first-order valence-electron chi connectivity index (χ1n) is 7.82. The third kappa shape index (κ3) is 4.23. The fourth-order valence-corrected chi connectivity index (χ4v) is 5.30. The molecule has 0 aliphatic heterocycles. The molecule has 1 aromatic heterocycles. The molecular formula is C16H17FN2O4S2. The Morgan fingerprint density at radius 1 is 1.20 bits per heavy atom. The van der Waals surface area contributed by atoms with Crippen molar-refractivity contribution in [1.82, 2.24) is 9.71 Å². The van der Waals surface area contributed by atoms with Crippen LogP contribution in [0.25, 0.3) is 10.6 Å². The van der Waals surface area contributed by atoms with Crippen LogP contribution < -0.4 is 4.72 Å². The van der Waals surface area contributed by atoms with Crippen LogP contribution in [0.3, 0.4) is 0 Å². The Kier molecular flexibility index (Phi) is 5.16. The monoisotopic (exact) mass is 384 g/mol. The molecule has 1 aliphatic carbocycles. The normalized spacial score (nSPS) is 21.2. The molecule has 1 saturated carbocycles. The van der Waals surface area contributed by atoms with Crippen LogP contribution in [0.2, 0.25) is 0 Å². The first-order valence-corrected chi connectivity index (χ1v) is 10.1. The van der Waals surface area contributed by atoms with E-state index in [0.717, 1.165) is 11.3 Å². The van der Waals surface area contributed by atoms with Crippen LogP contribution in [0.15, 0.2) is 34.7 Å². The molecule has 1 fully saturated rings. The number of nitrogens with one attached hydrogen (secondary N) is 1. The standard InChI is InChI=1S/C16H17FN2O4S2/c17-12-5-1-10(2-6-12)15-18-9-14(24-15)25(22,23)19-13-7-3-11(4-8-13)16(20)21/h1-2,5-6,9,11,13,19H,3-4,7-8H2,(H,20,21)/t11-,13+. The van der Waals surface area contributed by atoms with E-state index in [1.54, 1.807) is 12.1 Å². The van der Waals surface area contributed by atoms with E-state index in [-0.39, 0.29) is 16.1 Å². The minimum Gasteiger partial charge on any atom is -0.481 e. The number of thiazole rings is 1. The third-order valence-electron chi connectivity index (χ3n) is 4.24. The number of sulfonamides is 1. The number of nitrogens with zero attached hydrogens (tertiary/aromatic N) is 1. The van der Waals surface area contributed by atoms with E-state index in [1.807, 2.05) is 0 Å². The van der Waals surface area contributed by atoms with Gasteiger partial charge in [0.1, 0.15) is 10.8 Å². The van der Waals surface area contributed by atoms with E-state index in [1.165, 1.54) is 18.3 Å². The molecule has 0 saturated heterocycles. The van der Waals surface area contributed by atoms with Crippen LogP contribution in [-0.4, -0.2) is 30.5 Å². The number of hydrogen-bond acceptors (Lipinski definition) is 5. The summed E-state index contributed by atoms with van der Waals surface area (Å²) in [4.78, 5) is 15.1. The first kappa shape index (κ1) is 18.0. The van der Waals surface area contributed by atoms with Crippen molar-refractivity contribution in [2.75, 3.05) is 0 Å². The van der Waals surface area contributed by atoms with Crippen molar-refractivity contribution >= 4 is 27.3 Å². The van der Waals surface area contributed by atoms with Gasteiger partial charge in [-0.1, -0.05) is 0 Å². The van der Waals surface area contributed by atoms with Gasteiger partial charge in [-0.3, -0.25) is 4.79 Å². The largest absolute Gasteiger partial charge is 0.481 e. The summed E-state index contributed by atoms with van der Waals surface area (Å²) >= 11 is 1.01. The highest BCUT2D eigenvalue weighted by atomic mass is 32.2. The van der Waals surface area contributed by atoms with Crippen molar-refractivity contribution < 1.29 is 22.7 Å². The highest BCUT2D eigenvalue weighted by molar-refractivity contribution is 7.91. The van der Waals surface area contributed by atoms with Gasteiger partial charge in [-0.25, -0.2) is 22.5 Å². The summed E-state index contributed by atoms with van der Waals surface area (Å²) < 4.78 is 40.7. The zero-order chi connectivity index (χ0) is 18.0. The molecule has 0 amide bonds. The van der Waals surface area contributed by atoms with Crippen molar-refractivity contribution in [2.24, 2.45) is 5.92 Å². The van der Waals surface area contributed by atoms with E-state index >= 15 is 0 Å². The van der Waals surface area contributed by atoms with Crippen molar-refractivity contribution in [3.63, 3.8) is 0 Å². The second kappa shape index (κ2) is 7.19. The van der Waals surface area contributed by atoms with Gasteiger partial charge in [0.2, 0.25) is 0 Å². The molecule has 1 aliphatic rings. The molecule has 1 heterocycles. The maximum absolute atomic E-state index is 13.0. The van der Waals surface area contributed by atoms with Crippen LogP contribution in [0.1, 0.15) is 25.7 Å². The van der Waals surface area contributed by atoms with Gasteiger partial charge < -0.3 is 5.11 Å². The molecule has 2 N–H and O–H groups in total. The maximum atomic E-state index is 13.0. The third-order valence-corrected chi connectivity index (χ3v) is 7.27. The molecule has 1 aromatic carbocycles. The van der Waals surface area contributed by atoms with Crippen LogP contribution in [-0.2, 0) is 14.8 Å². The minimum absolute atomic E-state index is 0.0900. The van der Waals surface area contributed by atoms with Crippen LogP contribution in [0.4, 0.5) is 4.39 Å². The smallest absolute Gasteiger partial charge is 0.306 e. The predicted octanol–water partition coefficient (Wildman–Crippen LogP) is 2.87. The van der Waals surface area contributed by atoms with E-state index in [9.17, 15) is 17.6 Å². The minimum atomic E-state index is -3.71. The van der Waals surface area contributed by atoms with Crippen LogP contribution >= 0.6 is 11.3 Å². The second-order valence-corrected chi connectivity index (χ2v) is 8.97. The number of carboxylic acid groups (broad SMARTS) is 1. The molecule has 0 atom stereocenters. The van der Waals surface area contributed by atoms with Gasteiger partial charge in [0.15, 0.2) is 4.21 Å². The summed E-state index contributed by atoms with van der Waals surface area (Å²) in [7, 11) is -3.71. The average Bonchev–Trinajstić information content (AvgIpc) is 3.06. The lowest BCUT2D eigenvalue weighted by atomic mass is 9.87. The van der Waals surface area contributed by atoms with E-state index in [2.05, 4.69) is 9.71 Å². The van der Waals surface area contributed by atoms with Gasteiger partial charge in [-0.05, 0) is 49.9 Å². The van der Waals surface area contributed by atoms with Gasteiger partial charge in [-0.2, -0.15) is 0 Å². The van der Waals surface area contributed by atoms with Crippen molar-refractivity contribution in [2.45, 2.75) is 35.9 Å². The van der Waals surface area contributed by atoms with Gasteiger partial charge in [0.05, 0.1) is 12.1 Å². The SMILES string of the molecule is O=C(O)[C@H]1CC[C@@H](NS(=O)(=O)c2cnc(-c3ccc(F)cc3)s2)CC1. The second-order valence-electron chi connectivity index (χ2n) is 6.00. The summed E-state index contributed by atoms with van der Waals surface area (Å²) in [5.41, 5.74) is 0.648. The average molecular weight is 384 g/mol. The lowest BCUT2D eigenvalue weighted by Crippen LogP contribution is -2.38. The fraction of sp³-hybridized carbons (Fsp3) is 0.375. The Morgan fingerprint density at radius 2 is 1.84 bits per heavy atom. The molecule has 0 radical (unpaired) electrons. The number of aliphatic carboxylic acids is 1. The van der Waals surface area contributed by atoms with Crippen molar-refractivity contribution in [3.8, 4) is 10.6 Å². The van der Waals surface area contributed by atoms with Gasteiger partial charge in [0, 0.05) is 11.6 Å². The van der Waals surface area contributed by atoms with Crippen LogP contribution in [0.5, 0.6) is 0 Å². The van der Waals surface area contributed by atoms with Gasteiger partial charge in [-0.15, -0.1) is 11.3 Å². The Hall–Kier alpha value is -1.84. The molecule has 0 bridgehead atoms. The van der Waals surface area contributed by atoms with Crippen molar-refractivity contribution in [3.05, 3.63) is 36.3 Å². The lowest BCUT2D eigenvalue weighted by Gasteiger charge is -2.26. The summed E-state index contributed by atoms with van der Waals surface area (Å²) in [5.74, 6) is -1.59. The molecule has 3 rings (SSSR count). The fourth-order valence-electron chi connectivity index (χ4n) is 2.85. The van der Waals surface area contributed by atoms with E-state index in [4.69, 9.17) is 5.11 Å². The van der Waals surface area contributed by atoms with Crippen molar-refractivity contribution in [1.29, 1.82) is 0 Å². The quantitative estimate of drug-likeness (QED) is 0.826. The van der Waals surface area contributed by atoms with Crippen LogP contribution in [0, 0.1) is 11.7 Å². The Balaban J connectivity index is 1.69. The Bertz CT molecular complexity index is 857. The molecule has 9 heteroatoms. The highest BCUT2D eigenvalue weighted by Crippen LogP contribution is 2.30. The summed E-state index contributed by atoms with van der Waals surface area (Å²) in [6.45, 7) is 0. The number of carbonyl (C=O) groups is 1. The number of aromatic nitrogens is 1. The first-order chi connectivity index (χ1) is 11.8. The molecular weight excluding hydrogens is 367 g/mol. The van der Waals surface area contributed by atoms with Gasteiger partial charge in [0.25, 0.3) is 10.0 Å².